The van der Waals surface area contributed by atoms with Gasteiger partial charge in [-0.1, -0.05) is 11.8 Å². The molecule has 0 saturated carbocycles. The fourth-order valence-corrected chi connectivity index (χ4v) is 0.754. The first kappa shape index (κ1) is 7.31. The van der Waals surface area contributed by atoms with Crippen LogP contribution in [0.4, 0.5) is 0 Å². The third-order valence-corrected chi connectivity index (χ3v) is 1.61. The van der Waals surface area contributed by atoms with Crippen LogP contribution < -0.4 is 0 Å². The molecule has 0 radical (unpaired) electrons. The van der Waals surface area contributed by atoms with Crippen molar-refractivity contribution in [2.75, 3.05) is 6.26 Å². The molecule has 42 valence electrons. The molecule has 0 aliphatic heterocycles. The number of hydrogen-bond donors (Lipinski definition) is 0. The third-order valence-electron chi connectivity index (χ3n) is 0.526. The SMILES string of the molecule is CSC(=O)C(C)Cl. The molecule has 0 aromatic carbocycles. The van der Waals surface area contributed by atoms with E-state index >= 15 is 0 Å². The zero-order valence-electron chi connectivity index (χ0n) is 4.27. The molecule has 0 heterocycles. The van der Waals surface area contributed by atoms with E-state index in [-0.39, 0.29) is 10.5 Å². The Morgan fingerprint density at radius 2 is 2.29 bits per heavy atom. The van der Waals surface area contributed by atoms with Crippen LogP contribution in [0.25, 0.3) is 0 Å². The standard InChI is InChI=1S/C4H7ClOS/c1-3(5)4(6)7-2/h3H,1-2H3. The summed E-state index contributed by atoms with van der Waals surface area (Å²) in [4.78, 5) is 10.3. The van der Waals surface area contributed by atoms with Gasteiger partial charge in [-0.3, -0.25) is 4.79 Å². The third kappa shape index (κ3) is 2.94. The molecule has 0 bridgehead atoms. The van der Waals surface area contributed by atoms with Crippen LogP contribution in [-0.2, 0) is 4.79 Å². The number of hydrogen-bond acceptors (Lipinski definition) is 2. The van der Waals surface area contributed by atoms with Crippen LogP contribution in [0.3, 0.4) is 0 Å². The fraction of sp³-hybridized carbons (Fsp3) is 0.750. The lowest BCUT2D eigenvalue weighted by atomic mass is 10.5. The summed E-state index contributed by atoms with van der Waals surface area (Å²) < 4.78 is 0. The zero-order valence-corrected chi connectivity index (χ0v) is 5.84. The monoisotopic (exact) mass is 138 g/mol. The van der Waals surface area contributed by atoms with E-state index in [0.717, 1.165) is 11.8 Å². The minimum absolute atomic E-state index is 0.0293. The lowest BCUT2D eigenvalue weighted by Crippen LogP contribution is -2.02. The summed E-state index contributed by atoms with van der Waals surface area (Å²) in [5.74, 6) is 0. The number of rotatable bonds is 1. The van der Waals surface area contributed by atoms with E-state index in [1.807, 2.05) is 0 Å². The van der Waals surface area contributed by atoms with Gasteiger partial charge in [0, 0.05) is 0 Å². The van der Waals surface area contributed by atoms with E-state index in [1.54, 1.807) is 13.2 Å². The number of halogens is 1. The maximum Gasteiger partial charge on any atom is 0.206 e. The Kier molecular flexibility index (Phi) is 3.48. The van der Waals surface area contributed by atoms with E-state index in [9.17, 15) is 4.79 Å². The maximum absolute atomic E-state index is 10.3. The quantitative estimate of drug-likeness (QED) is 0.511. The normalized spacial score (nSPS) is 13.6. The summed E-state index contributed by atoms with van der Waals surface area (Å²) in [6.45, 7) is 1.67. The van der Waals surface area contributed by atoms with Crippen molar-refractivity contribution >= 4 is 28.5 Å². The topological polar surface area (TPSA) is 17.1 Å². The molecule has 1 unspecified atom stereocenters. The molecular weight excluding hydrogens is 132 g/mol. The average molecular weight is 139 g/mol. The predicted molar refractivity (Wildman–Crippen MR) is 33.8 cm³/mol. The van der Waals surface area contributed by atoms with Gasteiger partial charge in [-0.15, -0.1) is 11.6 Å². The van der Waals surface area contributed by atoms with Crippen LogP contribution >= 0.6 is 23.4 Å². The van der Waals surface area contributed by atoms with E-state index < -0.39 is 0 Å². The van der Waals surface area contributed by atoms with Crippen molar-refractivity contribution in [3.05, 3.63) is 0 Å². The van der Waals surface area contributed by atoms with Gasteiger partial charge in [0.1, 0.15) is 0 Å². The highest BCUT2D eigenvalue weighted by Gasteiger charge is 2.04. The molecule has 1 nitrogen and oxygen atoms in total. The molecule has 1 atom stereocenters. The molecule has 0 spiro atoms. The minimum atomic E-state index is -0.338. The predicted octanol–water partition coefficient (Wildman–Crippen LogP) is 1.50. The summed E-state index contributed by atoms with van der Waals surface area (Å²) in [6.07, 6.45) is 1.72. The molecule has 0 aromatic heterocycles. The number of alkyl halides is 1. The van der Waals surface area contributed by atoms with Crippen LogP contribution in [0.5, 0.6) is 0 Å². The van der Waals surface area contributed by atoms with Gasteiger partial charge < -0.3 is 0 Å². The van der Waals surface area contributed by atoms with Crippen molar-refractivity contribution < 1.29 is 4.79 Å². The Labute approximate surface area is 52.4 Å². The number of thioether (sulfide) groups is 1. The molecule has 0 N–H and O–H groups in total. The Morgan fingerprint density at radius 3 is 2.29 bits per heavy atom. The number of carbonyl (C=O) groups excluding carboxylic acids is 1. The fourth-order valence-electron chi connectivity index (χ4n) is 0.162. The van der Waals surface area contributed by atoms with Gasteiger partial charge in [0.05, 0.1) is 5.38 Å². The molecule has 0 saturated heterocycles. The number of carbonyl (C=O) groups is 1. The molecule has 0 aliphatic carbocycles. The van der Waals surface area contributed by atoms with Crippen molar-refractivity contribution in [1.82, 2.24) is 0 Å². The summed E-state index contributed by atoms with van der Waals surface area (Å²) in [6, 6.07) is 0. The second-order valence-electron chi connectivity index (χ2n) is 1.14. The van der Waals surface area contributed by atoms with Crippen molar-refractivity contribution in [3.8, 4) is 0 Å². The first-order valence-electron chi connectivity index (χ1n) is 1.90. The van der Waals surface area contributed by atoms with Gasteiger partial charge in [0.15, 0.2) is 0 Å². The van der Waals surface area contributed by atoms with Gasteiger partial charge in [0.2, 0.25) is 5.12 Å². The van der Waals surface area contributed by atoms with Crippen LogP contribution in [0.2, 0.25) is 0 Å². The largest absolute Gasteiger partial charge is 0.286 e. The van der Waals surface area contributed by atoms with Gasteiger partial charge in [0.25, 0.3) is 0 Å². The Morgan fingerprint density at radius 1 is 1.86 bits per heavy atom. The molecule has 0 rings (SSSR count). The lowest BCUT2D eigenvalue weighted by Gasteiger charge is -1.92. The van der Waals surface area contributed by atoms with Crippen molar-refractivity contribution in [3.63, 3.8) is 0 Å². The smallest absolute Gasteiger partial charge is 0.206 e. The van der Waals surface area contributed by atoms with Gasteiger partial charge >= 0.3 is 0 Å². The molecular formula is C4H7ClOS. The van der Waals surface area contributed by atoms with E-state index in [2.05, 4.69) is 0 Å². The minimum Gasteiger partial charge on any atom is -0.286 e. The first-order chi connectivity index (χ1) is 3.18. The van der Waals surface area contributed by atoms with E-state index in [4.69, 9.17) is 11.6 Å². The van der Waals surface area contributed by atoms with Gasteiger partial charge in [-0.05, 0) is 13.2 Å². The molecule has 0 aromatic rings. The Hall–Kier alpha value is 0.310. The van der Waals surface area contributed by atoms with Crippen LogP contribution in [0, 0.1) is 0 Å². The first-order valence-corrected chi connectivity index (χ1v) is 3.56. The molecule has 3 heteroatoms. The summed E-state index contributed by atoms with van der Waals surface area (Å²) in [5.41, 5.74) is 0. The molecule has 7 heavy (non-hydrogen) atoms. The lowest BCUT2D eigenvalue weighted by molar-refractivity contribution is -0.110. The Balaban J connectivity index is 3.35. The molecule has 0 aliphatic rings. The van der Waals surface area contributed by atoms with Gasteiger partial charge in [-0.25, -0.2) is 0 Å². The van der Waals surface area contributed by atoms with Crippen molar-refractivity contribution in [1.29, 1.82) is 0 Å². The van der Waals surface area contributed by atoms with E-state index in [0.29, 0.717) is 0 Å². The van der Waals surface area contributed by atoms with E-state index in [1.165, 1.54) is 0 Å². The van der Waals surface area contributed by atoms with Crippen molar-refractivity contribution in [2.45, 2.75) is 12.3 Å². The molecule has 0 fully saturated rings. The Bertz CT molecular complexity index is 72.1. The van der Waals surface area contributed by atoms with Crippen LogP contribution in [-0.4, -0.2) is 16.7 Å². The average Bonchev–Trinajstić information content (AvgIpc) is 1.65. The van der Waals surface area contributed by atoms with Crippen LogP contribution in [0.15, 0.2) is 0 Å². The summed E-state index contributed by atoms with van der Waals surface area (Å²) in [5, 5.41) is -0.309. The van der Waals surface area contributed by atoms with Crippen molar-refractivity contribution in [2.24, 2.45) is 0 Å². The maximum atomic E-state index is 10.3. The summed E-state index contributed by atoms with van der Waals surface area (Å²) in [7, 11) is 0. The highest BCUT2D eigenvalue weighted by Crippen LogP contribution is 2.04. The second-order valence-corrected chi connectivity index (χ2v) is 2.60. The van der Waals surface area contributed by atoms with Crippen LogP contribution in [0.1, 0.15) is 6.92 Å². The summed E-state index contributed by atoms with van der Waals surface area (Å²) >= 11 is 6.52. The van der Waals surface area contributed by atoms with Gasteiger partial charge in [-0.2, -0.15) is 0 Å². The highest BCUT2D eigenvalue weighted by molar-refractivity contribution is 8.13. The second kappa shape index (κ2) is 3.33. The highest BCUT2D eigenvalue weighted by atomic mass is 35.5. The molecule has 0 amide bonds. The zero-order chi connectivity index (χ0) is 5.86.